The first kappa shape index (κ1) is 10.1. The summed E-state index contributed by atoms with van der Waals surface area (Å²) in [5.74, 6) is 0.117. The van der Waals surface area contributed by atoms with Crippen molar-refractivity contribution in [3.63, 3.8) is 0 Å². The number of hydrogen-bond donors (Lipinski definition) is 3. The van der Waals surface area contributed by atoms with Gasteiger partial charge < -0.3 is 10.4 Å². The van der Waals surface area contributed by atoms with Gasteiger partial charge >= 0.3 is 0 Å². The first-order valence-electron chi connectivity index (χ1n) is 5.09. The van der Waals surface area contributed by atoms with Gasteiger partial charge in [-0.15, -0.1) is 0 Å². The zero-order valence-electron chi connectivity index (χ0n) is 8.31. The number of aromatic nitrogens is 3. The minimum atomic E-state index is -0.278. The number of hydrogen-bond acceptors (Lipinski definition) is 4. The van der Waals surface area contributed by atoms with Crippen molar-refractivity contribution in [2.45, 2.75) is 25.4 Å². The SMILES string of the molecule is O=C(NCC1CCCC1O)c1ncn[nH]1. The summed E-state index contributed by atoms with van der Waals surface area (Å²) in [6, 6.07) is 0. The Balaban J connectivity index is 1.81. The van der Waals surface area contributed by atoms with Gasteiger partial charge in [-0.05, 0) is 12.8 Å². The Morgan fingerprint density at radius 2 is 2.53 bits per heavy atom. The van der Waals surface area contributed by atoms with E-state index in [1.165, 1.54) is 6.33 Å². The number of H-pyrrole nitrogens is 1. The molecule has 0 aliphatic heterocycles. The number of amides is 1. The van der Waals surface area contributed by atoms with Crippen molar-refractivity contribution in [1.82, 2.24) is 20.5 Å². The van der Waals surface area contributed by atoms with Crippen molar-refractivity contribution in [1.29, 1.82) is 0 Å². The molecule has 1 aromatic heterocycles. The molecule has 2 unspecified atom stereocenters. The fourth-order valence-electron chi connectivity index (χ4n) is 1.88. The number of nitrogens with one attached hydrogen (secondary N) is 2. The normalized spacial score (nSPS) is 25.4. The summed E-state index contributed by atoms with van der Waals surface area (Å²) in [7, 11) is 0. The average molecular weight is 210 g/mol. The summed E-state index contributed by atoms with van der Waals surface area (Å²) in [6.45, 7) is 0.501. The van der Waals surface area contributed by atoms with Gasteiger partial charge in [0.2, 0.25) is 5.82 Å². The molecule has 3 N–H and O–H groups in total. The van der Waals surface area contributed by atoms with E-state index in [1.54, 1.807) is 0 Å². The van der Waals surface area contributed by atoms with Crippen LogP contribution >= 0.6 is 0 Å². The first-order chi connectivity index (χ1) is 7.27. The number of nitrogens with zero attached hydrogens (tertiary/aromatic N) is 2. The van der Waals surface area contributed by atoms with Crippen molar-refractivity contribution >= 4 is 5.91 Å². The minimum Gasteiger partial charge on any atom is -0.393 e. The molecule has 1 aliphatic rings. The van der Waals surface area contributed by atoms with Crippen LogP contribution in [0.5, 0.6) is 0 Å². The van der Waals surface area contributed by atoms with Gasteiger partial charge in [0.25, 0.3) is 5.91 Å². The lowest BCUT2D eigenvalue weighted by Gasteiger charge is -2.14. The molecule has 1 aromatic rings. The van der Waals surface area contributed by atoms with Gasteiger partial charge in [0, 0.05) is 12.5 Å². The van der Waals surface area contributed by atoms with Crippen LogP contribution in [0.25, 0.3) is 0 Å². The van der Waals surface area contributed by atoms with Gasteiger partial charge in [-0.25, -0.2) is 4.98 Å². The fourth-order valence-corrected chi connectivity index (χ4v) is 1.88. The van der Waals surface area contributed by atoms with E-state index >= 15 is 0 Å². The van der Waals surface area contributed by atoms with E-state index < -0.39 is 0 Å². The quantitative estimate of drug-likeness (QED) is 0.638. The van der Waals surface area contributed by atoms with Crippen LogP contribution in [0.4, 0.5) is 0 Å². The first-order valence-corrected chi connectivity index (χ1v) is 5.09. The molecule has 82 valence electrons. The van der Waals surface area contributed by atoms with E-state index in [0.29, 0.717) is 6.54 Å². The second-order valence-electron chi connectivity index (χ2n) is 3.80. The monoisotopic (exact) mass is 210 g/mol. The number of aliphatic hydroxyl groups is 1. The summed E-state index contributed by atoms with van der Waals surface area (Å²) in [5, 5.41) is 18.3. The van der Waals surface area contributed by atoms with E-state index in [4.69, 9.17) is 0 Å². The highest BCUT2D eigenvalue weighted by Gasteiger charge is 2.25. The Kier molecular flexibility index (Phi) is 2.96. The smallest absolute Gasteiger partial charge is 0.288 e. The molecule has 0 saturated heterocycles. The molecule has 6 heteroatoms. The van der Waals surface area contributed by atoms with Gasteiger partial charge in [-0.2, -0.15) is 5.10 Å². The minimum absolute atomic E-state index is 0.178. The lowest BCUT2D eigenvalue weighted by atomic mass is 10.1. The topological polar surface area (TPSA) is 90.9 Å². The second kappa shape index (κ2) is 4.39. The molecule has 0 aromatic carbocycles. The van der Waals surface area contributed by atoms with E-state index in [0.717, 1.165) is 19.3 Å². The van der Waals surface area contributed by atoms with Crippen LogP contribution in [0.15, 0.2) is 6.33 Å². The number of aromatic amines is 1. The number of carbonyl (C=O) groups is 1. The number of carbonyl (C=O) groups excluding carboxylic acids is 1. The molecule has 0 bridgehead atoms. The van der Waals surface area contributed by atoms with Crippen LogP contribution in [-0.2, 0) is 0 Å². The molecule has 6 nitrogen and oxygen atoms in total. The summed E-state index contributed by atoms with van der Waals surface area (Å²) in [5.41, 5.74) is 0. The molecule has 1 saturated carbocycles. The second-order valence-corrected chi connectivity index (χ2v) is 3.80. The average Bonchev–Trinajstić information content (AvgIpc) is 2.85. The van der Waals surface area contributed by atoms with Crippen LogP contribution < -0.4 is 5.32 Å². The van der Waals surface area contributed by atoms with Crippen molar-refractivity contribution < 1.29 is 9.90 Å². The van der Waals surface area contributed by atoms with Crippen molar-refractivity contribution in [3.8, 4) is 0 Å². The molecule has 1 amide bonds. The number of aliphatic hydroxyl groups excluding tert-OH is 1. The molecule has 2 rings (SSSR count). The molecule has 1 heterocycles. The molecule has 15 heavy (non-hydrogen) atoms. The highest BCUT2D eigenvalue weighted by molar-refractivity contribution is 5.90. The molecule has 1 aliphatic carbocycles. The predicted molar refractivity (Wildman–Crippen MR) is 52.1 cm³/mol. The van der Waals surface area contributed by atoms with E-state index in [2.05, 4.69) is 20.5 Å². The molecular weight excluding hydrogens is 196 g/mol. The van der Waals surface area contributed by atoms with Crippen LogP contribution in [0.3, 0.4) is 0 Å². The Labute approximate surface area is 87.1 Å². The third-order valence-electron chi connectivity index (χ3n) is 2.77. The highest BCUT2D eigenvalue weighted by Crippen LogP contribution is 2.24. The Bertz CT molecular complexity index is 325. The maximum Gasteiger partial charge on any atom is 0.288 e. The fraction of sp³-hybridized carbons (Fsp3) is 0.667. The van der Waals surface area contributed by atoms with Crippen LogP contribution in [0.1, 0.15) is 29.9 Å². The van der Waals surface area contributed by atoms with Crippen molar-refractivity contribution in [2.24, 2.45) is 5.92 Å². The van der Waals surface area contributed by atoms with Crippen LogP contribution in [0, 0.1) is 5.92 Å². The third kappa shape index (κ3) is 2.33. The zero-order valence-corrected chi connectivity index (χ0v) is 8.31. The molecule has 2 atom stereocenters. The predicted octanol–water partition coefficient (Wildman–Crippen LogP) is -0.305. The van der Waals surface area contributed by atoms with Gasteiger partial charge in [-0.3, -0.25) is 9.89 Å². The standard InChI is InChI=1S/C9H14N4O2/c14-7-3-1-2-6(7)4-10-9(15)8-11-5-12-13-8/h5-7,14H,1-4H2,(H,10,15)(H,11,12,13). The third-order valence-corrected chi connectivity index (χ3v) is 2.77. The summed E-state index contributed by atoms with van der Waals surface area (Å²) < 4.78 is 0. The van der Waals surface area contributed by atoms with Crippen molar-refractivity contribution in [2.75, 3.05) is 6.54 Å². The van der Waals surface area contributed by atoms with E-state index in [1.807, 2.05) is 0 Å². The summed E-state index contributed by atoms with van der Waals surface area (Å²) in [6.07, 6.45) is 3.85. The van der Waals surface area contributed by atoms with E-state index in [-0.39, 0.29) is 23.8 Å². The van der Waals surface area contributed by atoms with Gasteiger partial charge in [-0.1, -0.05) is 6.42 Å². The largest absolute Gasteiger partial charge is 0.393 e. The van der Waals surface area contributed by atoms with E-state index in [9.17, 15) is 9.90 Å². The van der Waals surface area contributed by atoms with Crippen LogP contribution in [0.2, 0.25) is 0 Å². The molecule has 0 spiro atoms. The molecule has 0 radical (unpaired) electrons. The lowest BCUT2D eigenvalue weighted by molar-refractivity contribution is 0.0907. The summed E-state index contributed by atoms with van der Waals surface area (Å²) >= 11 is 0. The Morgan fingerprint density at radius 1 is 1.67 bits per heavy atom. The van der Waals surface area contributed by atoms with Crippen LogP contribution in [-0.4, -0.2) is 38.8 Å². The summed E-state index contributed by atoms with van der Waals surface area (Å²) in [4.78, 5) is 15.2. The Morgan fingerprint density at radius 3 is 3.13 bits per heavy atom. The Hall–Kier alpha value is -1.43. The van der Waals surface area contributed by atoms with Gasteiger partial charge in [0.15, 0.2) is 0 Å². The maximum absolute atomic E-state index is 11.4. The lowest BCUT2D eigenvalue weighted by Crippen LogP contribution is -2.33. The van der Waals surface area contributed by atoms with Gasteiger partial charge in [0.05, 0.1) is 6.10 Å². The maximum atomic E-state index is 11.4. The zero-order chi connectivity index (χ0) is 10.7. The van der Waals surface area contributed by atoms with Gasteiger partial charge in [0.1, 0.15) is 6.33 Å². The molecule has 1 fully saturated rings. The highest BCUT2D eigenvalue weighted by atomic mass is 16.3. The molecular formula is C9H14N4O2. The van der Waals surface area contributed by atoms with Crippen molar-refractivity contribution in [3.05, 3.63) is 12.2 Å². The number of rotatable bonds is 3.